The van der Waals surface area contributed by atoms with Gasteiger partial charge in [0.1, 0.15) is 23.4 Å². The molecule has 1 saturated heterocycles. The molecule has 0 amide bonds. The van der Waals surface area contributed by atoms with Crippen molar-refractivity contribution in [1.29, 1.82) is 0 Å². The number of imidazole rings is 1. The van der Waals surface area contributed by atoms with E-state index in [9.17, 15) is 0 Å². The molecule has 1 saturated carbocycles. The zero-order valence-corrected chi connectivity index (χ0v) is 18.3. The smallest absolute Gasteiger partial charge is 0.181 e. The Kier molecular flexibility index (Phi) is 5.07. The highest BCUT2D eigenvalue weighted by Gasteiger charge is 2.22. The first kappa shape index (κ1) is 20.0. The third kappa shape index (κ3) is 4.09. The van der Waals surface area contributed by atoms with Crippen molar-refractivity contribution in [3.8, 4) is 28.4 Å². The molecule has 0 spiro atoms. The average molecular weight is 443 g/mol. The number of nitrogens with zero attached hydrogens (tertiary/aromatic N) is 4. The topological polar surface area (TPSA) is 102 Å². The monoisotopic (exact) mass is 442 g/mol. The Labute approximate surface area is 191 Å². The van der Waals surface area contributed by atoms with E-state index in [0.29, 0.717) is 17.3 Å². The summed E-state index contributed by atoms with van der Waals surface area (Å²) in [5, 5.41) is 0. The van der Waals surface area contributed by atoms with Crippen LogP contribution in [0, 0.1) is 5.92 Å². The lowest BCUT2D eigenvalue weighted by atomic mass is 10.1. The number of hydrogen-bond donors (Lipinski definition) is 2. The van der Waals surface area contributed by atoms with Crippen LogP contribution in [-0.2, 0) is 4.74 Å². The summed E-state index contributed by atoms with van der Waals surface area (Å²) in [5.74, 6) is 2.16. The van der Waals surface area contributed by atoms with E-state index in [1.165, 1.54) is 24.9 Å². The average Bonchev–Trinajstić information content (AvgIpc) is 3.59. The molecule has 8 nitrogen and oxygen atoms in total. The Balaban J connectivity index is 1.28. The van der Waals surface area contributed by atoms with E-state index in [0.717, 1.165) is 66.8 Å². The van der Waals surface area contributed by atoms with Gasteiger partial charge >= 0.3 is 0 Å². The van der Waals surface area contributed by atoms with Crippen molar-refractivity contribution in [3.05, 3.63) is 48.8 Å². The Hall–Kier alpha value is -3.65. The van der Waals surface area contributed by atoms with Crippen molar-refractivity contribution >= 4 is 22.5 Å². The van der Waals surface area contributed by atoms with E-state index in [-0.39, 0.29) is 0 Å². The van der Waals surface area contributed by atoms with Crippen LogP contribution in [0.4, 0.5) is 11.4 Å². The molecule has 8 heteroatoms. The van der Waals surface area contributed by atoms with Gasteiger partial charge in [-0.2, -0.15) is 0 Å². The summed E-state index contributed by atoms with van der Waals surface area (Å²) < 4.78 is 11.3. The first-order chi connectivity index (χ1) is 16.2. The number of nitrogen functional groups attached to an aromatic ring is 1. The predicted molar refractivity (Wildman–Crippen MR) is 128 cm³/mol. The van der Waals surface area contributed by atoms with Crippen LogP contribution < -0.4 is 15.4 Å². The fourth-order valence-corrected chi connectivity index (χ4v) is 4.16. The number of fused-ring (bicyclic) bond motifs is 1. The molecular formula is C25H26N6O2. The zero-order chi connectivity index (χ0) is 22.2. The van der Waals surface area contributed by atoms with Gasteiger partial charge in [-0.1, -0.05) is 0 Å². The molecule has 0 bridgehead atoms. The second kappa shape index (κ2) is 8.37. The lowest BCUT2D eigenvalue weighted by molar-refractivity contribution is 0.122. The van der Waals surface area contributed by atoms with Crippen LogP contribution in [0.3, 0.4) is 0 Å². The molecule has 3 heterocycles. The maximum Gasteiger partial charge on any atom is 0.181 e. The van der Waals surface area contributed by atoms with Gasteiger partial charge in [-0.05, 0) is 61.2 Å². The maximum atomic E-state index is 6.28. The number of morpholine rings is 1. The molecule has 0 atom stereocenters. The second-order valence-corrected chi connectivity index (χ2v) is 8.66. The largest absolute Gasteiger partial charge is 0.491 e. The van der Waals surface area contributed by atoms with Gasteiger partial charge in [0.25, 0.3) is 0 Å². The summed E-state index contributed by atoms with van der Waals surface area (Å²) in [6, 6.07) is 14.2. The number of hydrogen-bond acceptors (Lipinski definition) is 7. The van der Waals surface area contributed by atoms with Gasteiger partial charge in [-0.3, -0.25) is 0 Å². The molecular weight excluding hydrogens is 416 g/mol. The number of rotatable bonds is 6. The number of H-pyrrole nitrogens is 1. The number of nitrogens with one attached hydrogen (secondary N) is 1. The maximum absolute atomic E-state index is 6.28. The molecule has 0 unspecified atom stereocenters. The van der Waals surface area contributed by atoms with Crippen LogP contribution in [0.2, 0.25) is 0 Å². The quantitative estimate of drug-likeness (QED) is 0.437. The van der Waals surface area contributed by atoms with Crippen LogP contribution in [0.15, 0.2) is 48.8 Å². The Morgan fingerprint density at radius 3 is 2.58 bits per heavy atom. The van der Waals surface area contributed by atoms with Crippen LogP contribution in [0.1, 0.15) is 12.8 Å². The highest BCUT2D eigenvalue weighted by atomic mass is 16.5. The van der Waals surface area contributed by atoms with Gasteiger partial charge in [0.2, 0.25) is 0 Å². The summed E-state index contributed by atoms with van der Waals surface area (Å²) in [7, 11) is 0. The number of aromatic nitrogens is 4. The van der Waals surface area contributed by atoms with Crippen molar-refractivity contribution in [2.45, 2.75) is 12.8 Å². The van der Waals surface area contributed by atoms with E-state index in [1.54, 1.807) is 0 Å². The number of ether oxygens (including phenoxy) is 2. The van der Waals surface area contributed by atoms with Gasteiger partial charge in [-0.25, -0.2) is 15.0 Å². The van der Waals surface area contributed by atoms with Crippen LogP contribution in [0.25, 0.3) is 33.8 Å². The fourth-order valence-electron chi connectivity index (χ4n) is 4.16. The minimum Gasteiger partial charge on any atom is -0.491 e. The van der Waals surface area contributed by atoms with Crippen LogP contribution in [0.5, 0.6) is 5.75 Å². The molecule has 2 aromatic heterocycles. The molecule has 2 fully saturated rings. The van der Waals surface area contributed by atoms with Crippen LogP contribution in [-0.4, -0.2) is 52.8 Å². The number of benzene rings is 2. The summed E-state index contributed by atoms with van der Waals surface area (Å²) >= 11 is 0. The highest BCUT2D eigenvalue weighted by molar-refractivity contribution is 5.90. The first-order valence-electron chi connectivity index (χ1n) is 11.4. The summed E-state index contributed by atoms with van der Waals surface area (Å²) in [4.78, 5) is 19.3. The van der Waals surface area contributed by atoms with Crippen molar-refractivity contribution in [3.63, 3.8) is 0 Å². The number of anilines is 2. The van der Waals surface area contributed by atoms with Crippen molar-refractivity contribution in [2.75, 3.05) is 43.5 Å². The Bertz CT molecular complexity index is 1280. The standard InChI is InChI=1S/C25H26N6O2/c26-20-13-18(5-8-21(20)33-14-16-1-2-16)22-23-25(28-15-27-22)30-24(29-23)17-3-6-19(7-4-17)31-9-11-32-12-10-31/h3-8,13,15-16H,1-2,9-12,14,26H2,(H,27,28,29,30). The molecule has 2 aliphatic rings. The SMILES string of the molecule is Nc1cc(-c2ncnc3nc(-c4ccc(N5CCOCC5)cc4)[nH]c23)ccc1OCC1CC1. The predicted octanol–water partition coefficient (Wildman–Crippen LogP) is 3.89. The van der Waals surface area contributed by atoms with Crippen LogP contribution >= 0.6 is 0 Å². The molecule has 3 N–H and O–H groups in total. The summed E-state index contributed by atoms with van der Waals surface area (Å²) in [5.41, 5.74) is 12.2. The third-order valence-corrected chi connectivity index (χ3v) is 6.26. The lowest BCUT2D eigenvalue weighted by Crippen LogP contribution is -2.36. The van der Waals surface area contributed by atoms with Gasteiger partial charge < -0.3 is 25.1 Å². The molecule has 1 aliphatic carbocycles. The van der Waals surface area contributed by atoms with Gasteiger partial charge in [0.15, 0.2) is 5.65 Å². The normalized spacial score (nSPS) is 16.3. The number of aromatic amines is 1. The molecule has 6 rings (SSSR count). The van der Waals surface area contributed by atoms with E-state index >= 15 is 0 Å². The highest BCUT2D eigenvalue weighted by Crippen LogP contribution is 2.34. The molecule has 4 aromatic rings. The second-order valence-electron chi connectivity index (χ2n) is 8.66. The van der Waals surface area contributed by atoms with Gasteiger partial charge in [0.05, 0.1) is 31.2 Å². The summed E-state index contributed by atoms with van der Waals surface area (Å²) in [6.45, 7) is 4.10. The molecule has 1 aliphatic heterocycles. The molecule has 0 radical (unpaired) electrons. The van der Waals surface area contributed by atoms with E-state index in [4.69, 9.17) is 20.2 Å². The fraction of sp³-hybridized carbons (Fsp3) is 0.320. The minimum absolute atomic E-state index is 0.610. The van der Waals surface area contributed by atoms with Gasteiger partial charge in [-0.15, -0.1) is 0 Å². The summed E-state index contributed by atoms with van der Waals surface area (Å²) in [6.07, 6.45) is 4.03. The van der Waals surface area contributed by atoms with Crippen molar-refractivity contribution in [1.82, 2.24) is 19.9 Å². The Morgan fingerprint density at radius 2 is 1.82 bits per heavy atom. The zero-order valence-electron chi connectivity index (χ0n) is 18.3. The Morgan fingerprint density at radius 1 is 1.03 bits per heavy atom. The number of nitrogens with two attached hydrogens (primary N) is 1. The van der Waals surface area contributed by atoms with Crippen molar-refractivity contribution < 1.29 is 9.47 Å². The molecule has 2 aromatic carbocycles. The van der Waals surface area contributed by atoms with E-state index < -0.39 is 0 Å². The van der Waals surface area contributed by atoms with Crippen molar-refractivity contribution in [2.24, 2.45) is 5.92 Å². The minimum atomic E-state index is 0.610. The molecule has 33 heavy (non-hydrogen) atoms. The van der Waals surface area contributed by atoms with E-state index in [2.05, 4.69) is 44.1 Å². The first-order valence-corrected chi connectivity index (χ1v) is 11.4. The molecule has 168 valence electrons. The van der Waals surface area contributed by atoms with E-state index in [1.807, 2.05) is 18.2 Å². The van der Waals surface area contributed by atoms with Gasteiger partial charge in [0, 0.05) is 29.9 Å². The third-order valence-electron chi connectivity index (χ3n) is 6.26. The lowest BCUT2D eigenvalue weighted by Gasteiger charge is -2.28.